The number of nitrogens with one attached hydrogen (secondary N) is 1. The SMILES string of the molecule is CCc1c(-c2cc(Nc3ccc(N4CCN(C)CC4)cn3)c(=O)n(C)n2)cccc1N1CCn2c(cc3c2CCCC3)C1=O. The molecule has 0 spiro atoms. The molecule has 0 unspecified atom stereocenters. The number of aromatic nitrogens is 4. The van der Waals surface area contributed by atoms with Gasteiger partial charge in [0.05, 0.1) is 17.6 Å². The number of likely N-dealkylation sites (N-methyl/N-ethyl adjacent to an activating group) is 1. The van der Waals surface area contributed by atoms with Crippen LogP contribution in [0.2, 0.25) is 0 Å². The number of pyridine rings is 1. The van der Waals surface area contributed by atoms with Crippen LogP contribution in [0, 0.1) is 0 Å². The van der Waals surface area contributed by atoms with Crippen LogP contribution in [0.1, 0.15) is 47.1 Å². The Labute approximate surface area is 257 Å². The van der Waals surface area contributed by atoms with Gasteiger partial charge in [0.15, 0.2) is 0 Å². The maximum Gasteiger partial charge on any atom is 0.290 e. The van der Waals surface area contributed by atoms with Crippen LogP contribution in [0.5, 0.6) is 0 Å². The molecule has 44 heavy (non-hydrogen) atoms. The Morgan fingerprint density at radius 2 is 1.73 bits per heavy atom. The summed E-state index contributed by atoms with van der Waals surface area (Å²) in [7, 11) is 3.81. The van der Waals surface area contributed by atoms with Crippen molar-refractivity contribution in [3.63, 3.8) is 0 Å². The van der Waals surface area contributed by atoms with Gasteiger partial charge in [0, 0.05) is 63.3 Å². The normalized spacial score (nSPS) is 17.0. The molecule has 3 aromatic heterocycles. The third-order valence-electron chi connectivity index (χ3n) is 9.43. The van der Waals surface area contributed by atoms with Gasteiger partial charge in [0.1, 0.15) is 17.2 Å². The van der Waals surface area contributed by atoms with Crippen LogP contribution in [0.15, 0.2) is 53.5 Å². The number of nitrogens with zero attached hydrogens (tertiary/aromatic N) is 7. The van der Waals surface area contributed by atoms with Gasteiger partial charge in [-0.25, -0.2) is 9.67 Å². The van der Waals surface area contributed by atoms with E-state index in [1.165, 1.54) is 28.8 Å². The number of rotatable bonds is 6. The average molecular weight is 593 g/mol. The van der Waals surface area contributed by atoms with E-state index >= 15 is 0 Å². The molecule has 3 aliphatic rings. The fourth-order valence-corrected chi connectivity index (χ4v) is 6.99. The minimum Gasteiger partial charge on any atom is -0.368 e. The Morgan fingerprint density at radius 1 is 0.909 bits per heavy atom. The van der Waals surface area contributed by atoms with Crippen LogP contribution < -0.4 is 20.7 Å². The minimum absolute atomic E-state index is 0.0550. The molecular weight excluding hydrogens is 552 g/mol. The van der Waals surface area contributed by atoms with Gasteiger partial charge < -0.3 is 24.6 Å². The van der Waals surface area contributed by atoms with E-state index in [0.717, 1.165) is 80.2 Å². The van der Waals surface area contributed by atoms with Gasteiger partial charge in [-0.3, -0.25) is 9.59 Å². The Balaban J connectivity index is 1.18. The molecule has 1 fully saturated rings. The molecule has 1 saturated heterocycles. The molecular formula is C34H40N8O2. The van der Waals surface area contributed by atoms with Crippen molar-refractivity contribution in [3.8, 4) is 11.3 Å². The van der Waals surface area contributed by atoms with E-state index < -0.39 is 0 Å². The van der Waals surface area contributed by atoms with E-state index in [1.807, 2.05) is 41.4 Å². The van der Waals surface area contributed by atoms with Crippen molar-refractivity contribution in [3.05, 3.63) is 81.5 Å². The average Bonchev–Trinajstić information content (AvgIpc) is 3.43. The van der Waals surface area contributed by atoms with E-state index in [2.05, 4.69) is 49.8 Å². The summed E-state index contributed by atoms with van der Waals surface area (Å²) in [5.74, 6) is 0.658. The summed E-state index contributed by atoms with van der Waals surface area (Å²) in [6, 6.07) is 13.9. The maximum atomic E-state index is 13.9. The molecule has 0 radical (unpaired) electrons. The number of carbonyl (C=O) groups is 1. The summed E-state index contributed by atoms with van der Waals surface area (Å²) in [6.45, 7) is 7.52. The smallest absolute Gasteiger partial charge is 0.290 e. The molecule has 1 aliphatic carbocycles. The van der Waals surface area contributed by atoms with Gasteiger partial charge >= 0.3 is 0 Å². The topological polar surface area (TPSA) is 91.5 Å². The van der Waals surface area contributed by atoms with Crippen molar-refractivity contribution in [2.24, 2.45) is 7.05 Å². The van der Waals surface area contributed by atoms with Crippen molar-refractivity contribution < 1.29 is 4.79 Å². The van der Waals surface area contributed by atoms with Crippen LogP contribution in [-0.4, -0.2) is 69.9 Å². The zero-order chi connectivity index (χ0) is 30.4. The quantitative estimate of drug-likeness (QED) is 0.358. The largest absolute Gasteiger partial charge is 0.368 e. The second kappa shape index (κ2) is 11.6. The number of benzene rings is 1. The number of piperazine rings is 1. The first kappa shape index (κ1) is 28.3. The summed E-state index contributed by atoms with van der Waals surface area (Å²) in [5, 5.41) is 7.89. The molecule has 10 heteroatoms. The van der Waals surface area contributed by atoms with Gasteiger partial charge in [0.25, 0.3) is 11.5 Å². The van der Waals surface area contributed by atoms with E-state index in [0.29, 0.717) is 23.7 Å². The molecule has 1 aromatic carbocycles. The molecule has 228 valence electrons. The maximum absolute atomic E-state index is 13.9. The molecule has 10 nitrogen and oxygen atoms in total. The Kier molecular flexibility index (Phi) is 7.45. The molecule has 0 atom stereocenters. The minimum atomic E-state index is -0.233. The highest BCUT2D eigenvalue weighted by atomic mass is 16.2. The fraction of sp³-hybridized carbons (Fsp3) is 0.412. The van der Waals surface area contributed by atoms with E-state index in [1.54, 1.807) is 13.1 Å². The van der Waals surface area contributed by atoms with Crippen molar-refractivity contribution in [2.45, 2.75) is 45.6 Å². The molecule has 5 heterocycles. The second-order valence-electron chi connectivity index (χ2n) is 12.2. The number of fused-ring (bicyclic) bond motifs is 3. The number of anilines is 4. The van der Waals surface area contributed by atoms with Crippen LogP contribution in [-0.2, 0) is 32.9 Å². The highest BCUT2D eigenvalue weighted by molar-refractivity contribution is 6.07. The number of hydrogen-bond donors (Lipinski definition) is 1. The Hall–Kier alpha value is -4.44. The summed E-state index contributed by atoms with van der Waals surface area (Å²) in [6.07, 6.45) is 7.08. The van der Waals surface area contributed by atoms with Crippen molar-refractivity contribution in [1.29, 1.82) is 0 Å². The number of aryl methyl sites for hydroxylation is 2. The van der Waals surface area contributed by atoms with Gasteiger partial charge in [0.2, 0.25) is 0 Å². The third-order valence-corrected chi connectivity index (χ3v) is 9.43. The third kappa shape index (κ3) is 5.06. The summed E-state index contributed by atoms with van der Waals surface area (Å²) in [4.78, 5) is 38.2. The van der Waals surface area contributed by atoms with E-state index in [-0.39, 0.29) is 11.5 Å². The molecule has 1 amide bonds. The van der Waals surface area contributed by atoms with Crippen LogP contribution in [0.25, 0.3) is 11.3 Å². The first-order valence-corrected chi connectivity index (χ1v) is 15.8. The van der Waals surface area contributed by atoms with Gasteiger partial charge in [-0.1, -0.05) is 19.1 Å². The summed E-state index contributed by atoms with van der Waals surface area (Å²) < 4.78 is 3.62. The summed E-state index contributed by atoms with van der Waals surface area (Å²) in [5.41, 5.74) is 8.27. The van der Waals surface area contributed by atoms with E-state index in [9.17, 15) is 9.59 Å². The van der Waals surface area contributed by atoms with Gasteiger partial charge in [-0.15, -0.1) is 0 Å². The van der Waals surface area contributed by atoms with Crippen molar-refractivity contribution in [1.82, 2.24) is 24.2 Å². The number of carbonyl (C=O) groups excluding carboxylic acids is 1. The highest BCUT2D eigenvalue weighted by Gasteiger charge is 2.31. The first-order valence-electron chi connectivity index (χ1n) is 15.8. The predicted molar refractivity (Wildman–Crippen MR) is 174 cm³/mol. The van der Waals surface area contributed by atoms with Crippen molar-refractivity contribution >= 4 is 28.8 Å². The molecule has 0 bridgehead atoms. The Bertz CT molecular complexity index is 1770. The van der Waals surface area contributed by atoms with Gasteiger partial charge in [-0.05, 0) is 80.6 Å². The highest BCUT2D eigenvalue weighted by Crippen LogP contribution is 2.35. The second-order valence-corrected chi connectivity index (χ2v) is 12.2. The molecule has 1 N–H and O–H groups in total. The summed E-state index contributed by atoms with van der Waals surface area (Å²) >= 11 is 0. The lowest BCUT2D eigenvalue weighted by Gasteiger charge is -2.33. The fourth-order valence-electron chi connectivity index (χ4n) is 6.99. The standard InChI is InChI=1S/C34H40N8O2/c1-4-25-26(9-7-11-30(25)42-19-18-41-29-10-6-5-8-23(29)20-31(41)34(42)44)27-21-28(33(43)39(3)37-27)36-32-13-12-24(22-35-32)40-16-14-38(2)15-17-40/h7,9,11-13,20-22H,4-6,8,10,14-19H2,1-3H3,(H,35,36). The monoisotopic (exact) mass is 592 g/mol. The van der Waals surface area contributed by atoms with Gasteiger partial charge in [-0.2, -0.15) is 5.10 Å². The number of hydrogen-bond acceptors (Lipinski definition) is 7. The lowest BCUT2D eigenvalue weighted by Crippen LogP contribution is -2.44. The molecule has 2 aliphatic heterocycles. The predicted octanol–water partition coefficient (Wildman–Crippen LogP) is 4.24. The first-order chi connectivity index (χ1) is 21.4. The zero-order valence-electron chi connectivity index (χ0n) is 25.8. The van der Waals surface area contributed by atoms with Crippen LogP contribution in [0.4, 0.5) is 22.9 Å². The lowest BCUT2D eigenvalue weighted by atomic mass is 9.98. The van der Waals surface area contributed by atoms with Crippen LogP contribution >= 0.6 is 0 Å². The van der Waals surface area contributed by atoms with Crippen molar-refractivity contribution in [2.75, 3.05) is 54.9 Å². The molecule has 4 aromatic rings. The lowest BCUT2D eigenvalue weighted by molar-refractivity contribution is 0.0964. The Morgan fingerprint density at radius 3 is 2.50 bits per heavy atom. The molecule has 0 saturated carbocycles. The number of amides is 1. The zero-order valence-corrected chi connectivity index (χ0v) is 25.8. The van der Waals surface area contributed by atoms with Crippen LogP contribution in [0.3, 0.4) is 0 Å². The van der Waals surface area contributed by atoms with E-state index in [4.69, 9.17) is 0 Å². The molecule has 7 rings (SSSR count).